The van der Waals surface area contributed by atoms with Crippen LogP contribution in [-0.2, 0) is 0 Å². The normalized spacial score (nSPS) is 10.0. The quantitative estimate of drug-likeness (QED) is 0.500. The van der Waals surface area contributed by atoms with Crippen molar-refractivity contribution < 1.29 is 9.66 Å². The van der Waals surface area contributed by atoms with Gasteiger partial charge in [0.15, 0.2) is 5.11 Å². The molecule has 2 aromatic carbocycles. The summed E-state index contributed by atoms with van der Waals surface area (Å²) in [5, 5.41) is 17.3. The number of thiocarbonyl (C=S) groups is 1. The van der Waals surface area contributed by atoms with Crippen LogP contribution in [0.1, 0.15) is 11.1 Å². The molecule has 0 spiro atoms. The van der Waals surface area contributed by atoms with Crippen molar-refractivity contribution in [1.82, 2.24) is 0 Å². The molecule has 0 aliphatic carbocycles. The van der Waals surface area contributed by atoms with E-state index in [1.54, 1.807) is 12.1 Å². The first kappa shape index (κ1) is 16.7. The van der Waals surface area contributed by atoms with Gasteiger partial charge in [-0.15, -0.1) is 0 Å². The van der Waals surface area contributed by atoms with Crippen molar-refractivity contribution in [3.8, 4) is 5.75 Å². The summed E-state index contributed by atoms with van der Waals surface area (Å²) in [6.07, 6.45) is 0. The molecule has 0 amide bonds. The molecule has 2 rings (SSSR count). The number of nitro benzene ring substituents is 1. The summed E-state index contributed by atoms with van der Waals surface area (Å²) < 4.78 is 5.01. The molecule has 0 aliphatic heterocycles. The van der Waals surface area contributed by atoms with Gasteiger partial charge >= 0.3 is 0 Å². The highest BCUT2D eigenvalue weighted by atomic mass is 32.1. The molecule has 0 bridgehead atoms. The fourth-order valence-electron chi connectivity index (χ4n) is 2.23. The average Bonchev–Trinajstić information content (AvgIpc) is 2.46. The largest absolute Gasteiger partial charge is 0.496 e. The van der Waals surface area contributed by atoms with Crippen LogP contribution in [-0.4, -0.2) is 17.1 Å². The number of rotatable bonds is 4. The number of nitrogens with zero attached hydrogens (tertiary/aromatic N) is 1. The molecule has 120 valence electrons. The van der Waals surface area contributed by atoms with Crippen LogP contribution in [0.15, 0.2) is 36.4 Å². The lowest BCUT2D eigenvalue weighted by atomic mass is 10.1. The topological polar surface area (TPSA) is 76.4 Å². The monoisotopic (exact) mass is 331 g/mol. The van der Waals surface area contributed by atoms with Gasteiger partial charge in [0.25, 0.3) is 5.69 Å². The van der Waals surface area contributed by atoms with Crippen molar-refractivity contribution in [3.05, 3.63) is 57.6 Å². The Kier molecular flexibility index (Phi) is 5.13. The zero-order valence-electron chi connectivity index (χ0n) is 13.0. The number of hydrogen-bond acceptors (Lipinski definition) is 4. The van der Waals surface area contributed by atoms with Crippen molar-refractivity contribution in [2.24, 2.45) is 0 Å². The van der Waals surface area contributed by atoms with Gasteiger partial charge in [-0.05, 0) is 61.5 Å². The van der Waals surface area contributed by atoms with E-state index in [1.807, 2.05) is 26.0 Å². The lowest BCUT2D eigenvalue weighted by Crippen LogP contribution is -2.19. The highest BCUT2D eigenvalue weighted by Gasteiger charge is 2.16. The Morgan fingerprint density at radius 1 is 1.13 bits per heavy atom. The van der Waals surface area contributed by atoms with Crippen LogP contribution in [0.25, 0.3) is 0 Å². The van der Waals surface area contributed by atoms with Crippen molar-refractivity contribution in [2.75, 3.05) is 17.7 Å². The van der Waals surface area contributed by atoms with Crippen LogP contribution in [0.3, 0.4) is 0 Å². The van der Waals surface area contributed by atoms with Crippen LogP contribution in [0, 0.1) is 24.0 Å². The van der Waals surface area contributed by atoms with E-state index < -0.39 is 4.92 Å². The van der Waals surface area contributed by atoms with Crippen LogP contribution in [0.4, 0.5) is 17.1 Å². The number of benzene rings is 2. The molecular formula is C16H17N3O3S. The van der Waals surface area contributed by atoms with Crippen LogP contribution in [0.5, 0.6) is 5.75 Å². The second-order valence-electron chi connectivity index (χ2n) is 5.10. The SMILES string of the molecule is COc1ccc(NC(=S)Nc2cc(C)cc(C)c2)c([N+](=O)[O-])c1. The number of hydrogen-bond donors (Lipinski definition) is 2. The zero-order valence-corrected chi connectivity index (χ0v) is 13.9. The molecule has 0 radical (unpaired) electrons. The number of nitrogens with one attached hydrogen (secondary N) is 2. The molecule has 0 saturated carbocycles. The smallest absolute Gasteiger partial charge is 0.296 e. The van der Waals surface area contributed by atoms with Gasteiger partial charge in [-0.25, -0.2) is 0 Å². The molecule has 2 aromatic rings. The van der Waals surface area contributed by atoms with E-state index in [4.69, 9.17) is 17.0 Å². The first-order chi connectivity index (χ1) is 10.9. The molecule has 7 heteroatoms. The maximum Gasteiger partial charge on any atom is 0.296 e. The Labute approximate surface area is 139 Å². The molecular weight excluding hydrogens is 314 g/mol. The maximum absolute atomic E-state index is 11.2. The van der Waals surface area contributed by atoms with Crippen molar-refractivity contribution in [2.45, 2.75) is 13.8 Å². The van der Waals surface area contributed by atoms with Crippen molar-refractivity contribution in [3.63, 3.8) is 0 Å². The summed E-state index contributed by atoms with van der Waals surface area (Å²) >= 11 is 5.24. The predicted octanol–water partition coefficient (Wildman–Crippen LogP) is 4.03. The first-order valence-electron chi connectivity index (χ1n) is 6.88. The van der Waals surface area contributed by atoms with Crippen LogP contribution < -0.4 is 15.4 Å². The summed E-state index contributed by atoms with van der Waals surface area (Å²) in [5.74, 6) is 0.412. The zero-order chi connectivity index (χ0) is 17.0. The van der Waals surface area contributed by atoms with Crippen molar-refractivity contribution >= 4 is 34.4 Å². The molecule has 0 aromatic heterocycles. The van der Waals surface area contributed by atoms with E-state index in [9.17, 15) is 10.1 Å². The minimum atomic E-state index is -0.482. The van der Waals surface area contributed by atoms with E-state index >= 15 is 0 Å². The summed E-state index contributed by atoms with van der Waals surface area (Å²) in [6.45, 7) is 3.98. The molecule has 0 atom stereocenters. The van der Waals surface area contributed by atoms with E-state index in [1.165, 1.54) is 13.2 Å². The molecule has 23 heavy (non-hydrogen) atoms. The summed E-state index contributed by atoms with van der Waals surface area (Å²) in [7, 11) is 1.46. The Balaban J connectivity index is 2.18. The summed E-state index contributed by atoms with van der Waals surface area (Å²) in [5.41, 5.74) is 3.24. The fraction of sp³-hybridized carbons (Fsp3) is 0.188. The Hall–Kier alpha value is -2.67. The molecule has 0 fully saturated rings. The third-order valence-corrected chi connectivity index (χ3v) is 3.33. The van der Waals surface area contributed by atoms with Gasteiger partial charge in [-0.3, -0.25) is 10.1 Å². The minimum Gasteiger partial charge on any atom is -0.496 e. The Bertz CT molecular complexity index is 742. The average molecular weight is 331 g/mol. The van der Waals surface area contributed by atoms with Gasteiger partial charge in [0.05, 0.1) is 18.1 Å². The standard InChI is InChI=1S/C16H17N3O3S/c1-10-6-11(2)8-12(7-10)17-16(23)18-14-5-4-13(22-3)9-15(14)19(20)21/h4-9H,1-3H3,(H2,17,18,23). The highest BCUT2D eigenvalue weighted by molar-refractivity contribution is 7.80. The molecule has 0 heterocycles. The molecule has 0 aliphatic rings. The number of aryl methyl sites for hydroxylation is 2. The van der Waals surface area contributed by atoms with Gasteiger partial charge in [0.1, 0.15) is 11.4 Å². The van der Waals surface area contributed by atoms with E-state index in [0.29, 0.717) is 11.4 Å². The third-order valence-electron chi connectivity index (χ3n) is 3.13. The lowest BCUT2D eigenvalue weighted by Gasteiger charge is -2.12. The van der Waals surface area contributed by atoms with Gasteiger partial charge in [-0.1, -0.05) is 6.07 Å². The van der Waals surface area contributed by atoms with Crippen molar-refractivity contribution in [1.29, 1.82) is 0 Å². The fourth-order valence-corrected chi connectivity index (χ4v) is 2.45. The summed E-state index contributed by atoms with van der Waals surface area (Å²) in [4.78, 5) is 10.7. The van der Waals surface area contributed by atoms with Gasteiger partial charge in [0.2, 0.25) is 0 Å². The number of nitro groups is 1. The second kappa shape index (κ2) is 7.06. The van der Waals surface area contributed by atoms with Crippen LogP contribution >= 0.6 is 12.2 Å². The second-order valence-corrected chi connectivity index (χ2v) is 5.50. The number of ether oxygens (including phenoxy) is 1. The van der Waals surface area contributed by atoms with E-state index in [-0.39, 0.29) is 10.8 Å². The molecule has 0 unspecified atom stereocenters. The number of anilines is 2. The summed E-state index contributed by atoms with van der Waals surface area (Å²) in [6, 6.07) is 10.5. The molecule has 6 nitrogen and oxygen atoms in total. The van der Waals surface area contributed by atoms with Gasteiger partial charge in [0, 0.05) is 5.69 Å². The van der Waals surface area contributed by atoms with Gasteiger partial charge in [-0.2, -0.15) is 0 Å². The van der Waals surface area contributed by atoms with Gasteiger partial charge < -0.3 is 15.4 Å². The third kappa shape index (κ3) is 4.40. The predicted molar refractivity (Wildman–Crippen MR) is 95.4 cm³/mol. The van der Waals surface area contributed by atoms with E-state index in [2.05, 4.69) is 16.7 Å². The Morgan fingerprint density at radius 3 is 2.35 bits per heavy atom. The maximum atomic E-state index is 11.2. The Morgan fingerprint density at radius 2 is 1.78 bits per heavy atom. The minimum absolute atomic E-state index is 0.103. The molecule has 0 saturated heterocycles. The highest BCUT2D eigenvalue weighted by Crippen LogP contribution is 2.29. The first-order valence-corrected chi connectivity index (χ1v) is 7.28. The lowest BCUT2D eigenvalue weighted by molar-refractivity contribution is -0.384. The number of methoxy groups -OCH3 is 1. The molecule has 2 N–H and O–H groups in total. The van der Waals surface area contributed by atoms with Crippen LogP contribution in [0.2, 0.25) is 0 Å². The van der Waals surface area contributed by atoms with E-state index in [0.717, 1.165) is 16.8 Å².